The summed E-state index contributed by atoms with van der Waals surface area (Å²) in [6.45, 7) is 2.51. The maximum absolute atomic E-state index is 12.4. The van der Waals surface area contributed by atoms with Gasteiger partial charge in [-0.15, -0.1) is 0 Å². The number of urea groups is 1. The predicted molar refractivity (Wildman–Crippen MR) is 96.4 cm³/mol. The fourth-order valence-corrected chi connectivity index (χ4v) is 4.36. The molecule has 6 nitrogen and oxygen atoms in total. The molecule has 1 atom stereocenters. The van der Waals surface area contributed by atoms with E-state index in [4.69, 9.17) is 0 Å². The molecule has 4 rings (SSSR count). The fourth-order valence-electron chi connectivity index (χ4n) is 3.72. The summed E-state index contributed by atoms with van der Waals surface area (Å²) in [6, 6.07) is 5.71. The van der Waals surface area contributed by atoms with Crippen molar-refractivity contribution in [2.75, 3.05) is 24.5 Å². The van der Waals surface area contributed by atoms with E-state index < -0.39 is 0 Å². The topological polar surface area (TPSA) is 65.5 Å². The van der Waals surface area contributed by atoms with Gasteiger partial charge in [-0.25, -0.2) is 4.79 Å². The van der Waals surface area contributed by atoms with Gasteiger partial charge in [0.1, 0.15) is 0 Å². The molecule has 0 saturated carbocycles. The highest BCUT2D eigenvalue weighted by Crippen LogP contribution is 2.42. The average molecular weight is 356 g/mol. The summed E-state index contributed by atoms with van der Waals surface area (Å²) in [5.41, 5.74) is 1.85. The van der Waals surface area contributed by atoms with Gasteiger partial charge in [-0.05, 0) is 29.5 Å². The molecule has 2 aromatic heterocycles. The van der Waals surface area contributed by atoms with Crippen LogP contribution in [0, 0.1) is 5.41 Å². The third-order valence-electron chi connectivity index (χ3n) is 5.03. The number of carbonyl (C=O) groups excluding carboxylic acids is 2. The largest absolute Gasteiger partial charge is 0.334 e. The first-order chi connectivity index (χ1) is 12.2. The van der Waals surface area contributed by atoms with Crippen LogP contribution < -0.4 is 10.2 Å². The second kappa shape index (κ2) is 6.48. The number of amides is 3. The molecule has 0 radical (unpaired) electrons. The molecule has 7 heteroatoms. The van der Waals surface area contributed by atoms with E-state index in [0.29, 0.717) is 32.6 Å². The number of likely N-dealkylation sites (tertiary alicyclic amines) is 1. The van der Waals surface area contributed by atoms with E-state index in [1.807, 2.05) is 38.8 Å². The van der Waals surface area contributed by atoms with E-state index in [0.717, 1.165) is 17.7 Å². The van der Waals surface area contributed by atoms with Crippen LogP contribution in [0.1, 0.15) is 18.4 Å². The van der Waals surface area contributed by atoms with Crippen LogP contribution in [-0.2, 0) is 11.3 Å². The Hall–Kier alpha value is -2.41. The second-order valence-corrected chi connectivity index (χ2v) is 7.61. The van der Waals surface area contributed by atoms with Crippen molar-refractivity contribution in [2.24, 2.45) is 5.41 Å². The monoisotopic (exact) mass is 356 g/mol. The molecule has 2 aliphatic rings. The normalized spacial score (nSPS) is 22.8. The molecule has 130 valence electrons. The van der Waals surface area contributed by atoms with Crippen molar-refractivity contribution in [2.45, 2.75) is 19.4 Å². The Labute approximate surface area is 150 Å². The van der Waals surface area contributed by atoms with Gasteiger partial charge in [0.2, 0.25) is 5.91 Å². The fraction of sp³-hybridized carbons (Fsp3) is 0.389. The van der Waals surface area contributed by atoms with Crippen molar-refractivity contribution < 1.29 is 9.59 Å². The Morgan fingerprint density at radius 3 is 3.04 bits per heavy atom. The number of rotatable bonds is 3. The molecule has 2 saturated heterocycles. The third kappa shape index (κ3) is 3.24. The van der Waals surface area contributed by atoms with Crippen LogP contribution in [0.2, 0.25) is 0 Å². The number of hydrogen-bond donors (Lipinski definition) is 1. The molecule has 0 aliphatic carbocycles. The molecule has 25 heavy (non-hydrogen) atoms. The maximum atomic E-state index is 12.4. The predicted octanol–water partition coefficient (Wildman–Crippen LogP) is 2.48. The molecule has 1 N–H and O–H groups in total. The van der Waals surface area contributed by atoms with Crippen LogP contribution in [0.25, 0.3) is 0 Å². The van der Waals surface area contributed by atoms with Gasteiger partial charge in [-0.3, -0.25) is 9.78 Å². The highest BCUT2D eigenvalue weighted by Gasteiger charge is 2.48. The molecule has 1 spiro atoms. The number of hydrogen-bond acceptors (Lipinski definition) is 4. The first-order valence-corrected chi connectivity index (χ1v) is 9.34. The van der Waals surface area contributed by atoms with Crippen LogP contribution in [-0.4, -0.2) is 41.5 Å². The number of carbonyl (C=O) groups is 2. The highest BCUT2D eigenvalue weighted by molar-refractivity contribution is 7.08. The van der Waals surface area contributed by atoms with E-state index in [2.05, 4.69) is 10.3 Å². The standard InChI is InChI=1S/C18H20N4O2S/c23-16-8-18(13-22(16)15-3-7-25-11-15)4-6-21(12-18)17(24)20-10-14-2-1-5-19-9-14/h1-3,5,7,9,11H,4,6,8,10,12-13H2,(H,20,24). The first kappa shape index (κ1) is 16.1. The van der Waals surface area contributed by atoms with Crippen LogP contribution in [0.4, 0.5) is 10.5 Å². The van der Waals surface area contributed by atoms with Gasteiger partial charge >= 0.3 is 6.03 Å². The lowest BCUT2D eigenvalue weighted by atomic mass is 9.86. The smallest absolute Gasteiger partial charge is 0.317 e. The zero-order valence-electron chi connectivity index (χ0n) is 13.9. The van der Waals surface area contributed by atoms with E-state index in [1.54, 1.807) is 23.7 Å². The Kier molecular flexibility index (Phi) is 4.17. The second-order valence-electron chi connectivity index (χ2n) is 6.83. The Morgan fingerprint density at radius 1 is 1.36 bits per heavy atom. The Balaban J connectivity index is 1.36. The number of pyridine rings is 1. The van der Waals surface area contributed by atoms with Gasteiger partial charge in [0.05, 0.1) is 5.69 Å². The number of nitrogens with zero attached hydrogens (tertiary/aromatic N) is 3. The summed E-state index contributed by atoms with van der Waals surface area (Å²) < 4.78 is 0. The van der Waals surface area contributed by atoms with Crippen molar-refractivity contribution >= 4 is 29.0 Å². The summed E-state index contributed by atoms with van der Waals surface area (Å²) in [7, 11) is 0. The van der Waals surface area contributed by atoms with Gasteiger partial charge in [0.15, 0.2) is 0 Å². The van der Waals surface area contributed by atoms with Crippen molar-refractivity contribution in [3.05, 3.63) is 46.9 Å². The maximum Gasteiger partial charge on any atom is 0.317 e. The van der Waals surface area contributed by atoms with E-state index in [1.165, 1.54) is 0 Å². The van der Waals surface area contributed by atoms with Gasteiger partial charge in [0.25, 0.3) is 0 Å². The molecule has 0 bridgehead atoms. The minimum absolute atomic E-state index is 0.0674. The van der Waals surface area contributed by atoms with Gasteiger partial charge < -0.3 is 15.1 Å². The zero-order chi connectivity index (χ0) is 17.3. The van der Waals surface area contributed by atoms with E-state index in [9.17, 15) is 9.59 Å². The molecule has 4 heterocycles. The van der Waals surface area contributed by atoms with Gasteiger partial charge in [0, 0.05) is 55.8 Å². The van der Waals surface area contributed by atoms with Gasteiger partial charge in [-0.2, -0.15) is 11.3 Å². The third-order valence-corrected chi connectivity index (χ3v) is 5.70. The number of aromatic nitrogens is 1. The average Bonchev–Trinajstić information content (AvgIpc) is 3.35. The molecule has 1 unspecified atom stereocenters. The molecule has 3 amide bonds. The van der Waals surface area contributed by atoms with Crippen molar-refractivity contribution in [1.29, 1.82) is 0 Å². The molecular formula is C18H20N4O2S. The molecular weight excluding hydrogens is 336 g/mol. The minimum Gasteiger partial charge on any atom is -0.334 e. The first-order valence-electron chi connectivity index (χ1n) is 8.40. The molecule has 2 aromatic rings. The lowest BCUT2D eigenvalue weighted by Crippen LogP contribution is -2.40. The quantitative estimate of drug-likeness (QED) is 0.919. The highest BCUT2D eigenvalue weighted by atomic mass is 32.1. The molecule has 2 fully saturated rings. The summed E-state index contributed by atoms with van der Waals surface area (Å²) >= 11 is 1.60. The van der Waals surface area contributed by atoms with E-state index in [-0.39, 0.29) is 17.4 Å². The number of thiophene rings is 1. The van der Waals surface area contributed by atoms with Crippen LogP contribution >= 0.6 is 11.3 Å². The summed E-state index contributed by atoms with van der Waals surface area (Å²) in [4.78, 5) is 32.6. The molecule has 2 aliphatic heterocycles. The number of nitrogens with one attached hydrogen (secondary N) is 1. The minimum atomic E-state index is -0.106. The van der Waals surface area contributed by atoms with Crippen LogP contribution in [0.5, 0.6) is 0 Å². The SMILES string of the molecule is O=C(NCc1cccnc1)N1CCC2(CC(=O)N(c3ccsc3)C2)C1. The van der Waals surface area contributed by atoms with Gasteiger partial charge in [-0.1, -0.05) is 6.07 Å². The van der Waals surface area contributed by atoms with Crippen LogP contribution in [0.3, 0.4) is 0 Å². The van der Waals surface area contributed by atoms with E-state index >= 15 is 0 Å². The summed E-state index contributed by atoms with van der Waals surface area (Å²) in [5.74, 6) is 0.163. The lowest BCUT2D eigenvalue weighted by Gasteiger charge is -2.24. The van der Waals surface area contributed by atoms with Crippen molar-refractivity contribution in [3.63, 3.8) is 0 Å². The summed E-state index contributed by atoms with van der Waals surface area (Å²) in [6.07, 6.45) is 4.86. The van der Waals surface area contributed by atoms with Crippen LogP contribution in [0.15, 0.2) is 41.4 Å². The molecule has 0 aromatic carbocycles. The van der Waals surface area contributed by atoms with Crippen molar-refractivity contribution in [1.82, 2.24) is 15.2 Å². The Bertz CT molecular complexity index is 765. The van der Waals surface area contributed by atoms with Crippen molar-refractivity contribution in [3.8, 4) is 0 Å². The number of anilines is 1. The summed E-state index contributed by atoms with van der Waals surface area (Å²) in [5, 5.41) is 6.94. The lowest BCUT2D eigenvalue weighted by molar-refractivity contribution is -0.117. The Morgan fingerprint density at radius 2 is 2.28 bits per heavy atom. The zero-order valence-corrected chi connectivity index (χ0v) is 14.7.